The van der Waals surface area contributed by atoms with Crippen molar-refractivity contribution in [1.82, 2.24) is 15.5 Å². The number of fused-ring (bicyclic) bond motifs is 1. The van der Waals surface area contributed by atoms with Crippen molar-refractivity contribution in [1.29, 1.82) is 0 Å². The Morgan fingerprint density at radius 1 is 1.24 bits per heavy atom. The lowest BCUT2D eigenvalue weighted by Gasteiger charge is -2.33. The van der Waals surface area contributed by atoms with Crippen LogP contribution in [0, 0.1) is 5.92 Å². The SMILES string of the molecule is Cl.O=C1COc2cc(C(=O)N3CCCC(CNC(=O)C4CCCN4)C3)ccc2N1. The molecule has 0 radical (unpaired) electrons. The number of piperidine rings is 1. The van der Waals surface area contributed by atoms with Gasteiger partial charge >= 0.3 is 0 Å². The van der Waals surface area contributed by atoms with Crippen LogP contribution in [0.2, 0.25) is 0 Å². The fourth-order valence-electron chi connectivity index (χ4n) is 4.08. The minimum atomic E-state index is -0.194. The zero-order valence-corrected chi connectivity index (χ0v) is 17.1. The largest absolute Gasteiger partial charge is 0.482 e. The van der Waals surface area contributed by atoms with Crippen LogP contribution in [0.4, 0.5) is 5.69 Å². The summed E-state index contributed by atoms with van der Waals surface area (Å²) in [6, 6.07) is 5.04. The second-order valence-corrected chi connectivity index (χ2v) is 7.70. The number of halogens is 1. The molecule has 1 aromatic rings. The van der Waals surface area contributed by atoms with Crippen LogP contribution in [-0.4, -0.2) is 61.4 Å². The number of ether oxygens (including phenoxy) is 1. The number of likely N-dealkylation sites (tertiary alicyclic amines) is 1. The average Bonchev–Trinajstić information content (AvgIpc) is 3.26. The molecule has 0 saturated carbocycles. The number of carbonyl (C=O) groups excluding carboxylic acids is 3. The number of benzene rings is 1. The molecule has 9 heteroatoms. The van der Waals surface area contributed by atoms with Gasteiger partial charge in [-0.05, 0) is 56.3 Å². The third-order valence-corrected chi connectivity index (χ3v) is 5.61. The van der Waals surface area contributed by atoms with E-state index in [1.807, 2.05) is 4.90 Å². The van der Waals surface area contributed by atoms with Crippen LogP contribution in [0.5, 0.6) is 5.75 Å². The molecule has 0 aliphatic carbocycles. The number of amides is 3. The highest BCUT2D eigenvalue weighted by molar-refractivity contribution is 5.99. The van der Waals surface area contributed by atoms with E-state index in [0.717, 1.165) is 32.2 Å². The first-order valence-electron chi connectivity index (χ1n) is 9.97. The zero-order chi connectivity index (χ0) is 19.5. The molecule has 2 saturated heterocycles. The summed E-state index contributed by atoms with van der Waals surface area (Å²) in [6.45, 7) is 2.80. The fourth-order valence-corrected chi connectivity index (χ4v) is 4.08. The van der Waals surface area contributed by atoms with E-state index in [1.54, 1.807) is 18.2 Å². The molecule has 3 N–H and O–H groups in total. The molecule has 1 aromatic carbocycles. The van der Waals surface area contributed by atoms with Crippen LogP contribution in [0.15, 0.2) is 18.2 Å². The molecule has 158 valence electrons. The van der Waals surface area contributed by atoms with Gasteiger partial charge in [-0.1, -0.05) is 0 Å². The van der Waals surface area contributed by atoms with Gasteiger partial charge in [0.1, 0.15) is 5.75 Å². The molecule has 2 unspecified atom stereocenters. The van der Waals surface area contributed by atoms with Gasteiger partial charge in [-0.2, -0.15) is 0 Å². The van der Waals surface area contributed by atoms with Crippen molar-refractivity contribution in [2.45, 2.75) is 31.7 Å². The lowest BCUT2D eigenvalue weighted by Crippen LogP contribution is -2.46. The summed E-state index contributed by atoms with van der Waals surface area (Å²) in [4.78, 5) is 38.3. The predicted molar refractivity (Wildman–Crippen MR) is 110 cm³/mol. The first-order chi connectivity index (χ1) is 13.6. The highest BCUT2D eigenvalue weighted by Gasteiger charge is 2.27. The second-order valence-electron chi connectivity index (χ2n) is 7.70. The van der Waals surface area contributed by atoms with Crippen molar-refractivity contribution in [3.05, 3.63) is 23.8 Å². The van der Waals surface area contributed by atoms with E-state index in [4.69, 9.17) is 4.74 Å². The maximum Gasteiger partial charge on any atom is 0.262 e. The van der Waals surface area contributed by atoms with E-state index < -0.39 is 0 Å². The van der Waals surface area contributed by atoms with Gasteiger partial charge in [0.2, 0.25) is 5.91 Å². The minimum absolute atomic E-state index is 0. The maximum atomic E-state index is 12.9. The summed E-state index contributed by atoms with van der Waals surface area (Å²) in [5.74, 6) is 0.610. The van der Waals surface area contributed by atoms with E-state index in [9.17, 15) is 14.4 Å². The molecule has 0 bridgehead atoms. The summed E-state index contributed by atoms with van der Waals surface area (Å²) in [6.07, 6.45) is 3.85. The maximum absolute atomic E-state index is 12.9. The summed E-state index contributed by atoms with van der Waals surface area (Å²) in [7, 11) is 0. The van der Waals surface area contributed by atoms with Crippen molar-refractivity contribution in [2.24, 2.45) is 5.92 Å². The Morgan fingerprint density at radius 2 is 2.10 bits per heavy atom. The molecular weight excluding hydrogens is 396 g/mol. The Labute approximate surface area is 176 Å². The molecule has 3 aliphatic rings. The Kier molecular flexibility index (Phi) is 6.97. The summed E-state index contributed by atoms with van der Waals surface area (Å²) in [5.41, 5.74) is 1.14. The summed E-state index contributed by atoms with van der Waals surface area (Å²) < 4.78 is 5.41. The Morgan fingerprint density at radius 3 is 2.90 bits per heavy atom. The van der Waals surface area contributed by atoms with Crippen LogP contribution in [0.3, 0.4) is 0 Å². The van der Waals surface area contributed by atoms with Crippen molar-refractivity contribution < 1.29 is 19.1 Å². The van der Waals surface area contributed by atoms with Crippen LogP contribution in [0.1, 0.15) is 36.0 Å². The molecule has 3 aliphatic heterocycles. The fraction of sp³-hybridized carbons (Fsp3) is 0.550. The summed E-state index contributed by atoms with van der Waals surface area (Å²) in [5, 5.41) is 8.97. The van der Waals surface area contributed by atoms with Crippen LogP contribution < -0.4 is 20.7 Å². The average molecular weight is 423 g/mol. The number of anilines is 1. The molecule has 2 atom stereocenters. The van der Waals surface area contributed by atoms with Gasteiger partial charge in [0, 0.05) is 25.2 Å². The number of hydrogen-bond acceptors (Lipinski definition) is 5. The van der Waals surface area contributed by atoms with Gasteiger partial charge in [-0.3, -0.25) is 14.4 Å². The van der Waals surface area contributed by atoms with Gasteiger partial charge in [-0.15, -0.1) is 12.4 Å². The Hall–Kier alpha value is -2.32. The van der Waals surface area contributed by atoms with Gasteiger partial charge < -0.3 is 25.6 Å². The molecule has 8 nitrogen and oxygen atoms in total. The minimum Gasteiger partial charge on any atom is -0.482 e. The number of hydrogen-bond donors (Lipinski definition) is 3. The smallest absolute Gasteiger partial charge is 0.262 e. The highest BCUT2D eigenvalue weighted by Crippen LogP contribution is 2.29. The van der Waals surface area contributed by atoms with E-state index in [0.29, 0.717) is 36.6 Å². The zero-order valence-electron chi connectivity index (χ0n) is 16.2. The van der Waals surface area contributed by atoms with E-state index in [2.05, 4.69) is 16.0 Å². The summed E-state index contributed by atoms with van der Waals surface area (Å²) >= 11 is 0. The van der Waals surface area contributed by atoms with Crippen molar-refractivity contribution in [2.75, 3.05) is 38.1 Å². The lowest BCUT2D eigenvalue weighted by molar-refractivity contribution is -0.123. The monoisotopic (exact) mass is 422 g/mol. The number of nitrogens with one attached hydrogen (secondary N) is 3. The molecule has 29 heavy (non-hydrogen) atoms. The highest BCUT2D eigenvalue weighted by atomic mass is 35.5. The number of carbonyl (C=O) groups is 3. The van der Waals surface area contributed by atoms with Gasteiger partial charge in [-0.25, -0.2) is 0 Å². The Bertz CT molecular complexity index is 782. The van der Waals surface area contributed by atoms with Crippen molar-refractivity contribution in [3.63, 3.8) is 0 Å². The molecule has 2 fully saturated rings. The topological polar surface area (TPSA) is 99.8 Å². The van der Waals surface area contributed by atoms with Gasteiger partial charge in [0.05, 0.1) is 11.7 Å². The van der Waals surface area contributed by atoms with Gasteiger partial charge in [0.15, 0.2) is 6.61 Å². The molecular formula is C20H27ClN4O4. The first-order valence-corrected chi connectivity index (χ1v) is 9.97. The molecule has 0 aromatic heterocycles. The van der Waals surface area contributed by atoms with Gasteiger partial charge in [0.25, 0.3) is 11.8 Å². The number of rotatable bonds is 4. The van der Waals surface area contributed by atoms with Crippen molar-refractivity contribution >= 4 is 35.8 Å². The van der Waals surface area contributed by atoms with E-state index in [-0.39, 0.29) is 48.7 Å². The first kappa shape index (κ1) is 21.4. The van der Waals surface area contributed by atoms with Crippen LogP contribution in [0.25, 0.3) is 0 Å². The van der Waals surface area contributed by atoms with E-state index in [1.165, 1.54) is 0 Å². The van der Waals surface area contributed by atoms with Crippen molar-refractivity contribution in [3.8, 4) is 5.75 Å². The quantitative estimate of drug-likeness (QED) is 0.676. The second kappa shape index (κ2) is 9.45. The standard InChI is InChI=1S/C20H26N4O4.ClH/c25-18-12-28-17-9-14(5-6-15(17)23-18)20(27)24-8-2-3-13(11-24)10-22-19(26)16-4-1-7-21-16;/h5-6,9,13,16,21H,1-4,7-8,10-12H2,(H,22,26)(H,23,25);1H. The number of nitrogens with zero attached hydrogens (tertiary/aromatic N) is 1. The molecule has 3 amide bonds. The van der Waals surface area contributed by atoms with Crippen LogP contribution >= 0.6 is 12.4 Å². The molecule has 3 heterocycles. The Balaban J connectivity index is 0.00000240. The lowest BCUT2D eigenvalue weighted by atomic mass is 9.97. The van der Waals surface area contributed by atoms with E-state index >= 15 is 0 Å². The third kappa shape index (κ3) is 5.00. The third-order valence-electron chi connectivity index (χ3n) is 5.61. The van der Waals surface area contributed by atoms with Crippen LogP contribution in [-0.2, 0) is 9.59 Å². The molecule has 4 rings (SSSR count). The molecule has 0 spiro atoms. The predicted octanol–water partition coefficient (Wildman–Crippen LogP) is 1.16. The normalized spacial score (nSPS) is 23.3.